The maximum atomic E-state index is 12.6. The molecule has 178 valence electrons. The molecule has 0 fully saturated rings. The lowest BCUT2D eigenvalue weighted by Crippen LogP contribution is -2.12. The molecule has 2 aromatic carbocycles. The van der Waals surface area contributed by atoms with Gasteiger partial charge in [-0.05, 0) is 62.7 Å². The van der Waals surface area contributed by atoms with E-state index in [1.165, 1.54) is 23.9 Å². The lowest BCUT2D eigenvalue weighted by atomic mass is 10.2. The minimum Gasteiger partial charge on any atom is -0.506 e. The molecular weight excluding hydrogens is 466 g/mol. The van der Waals surface area contributed by atoms with Crippen LogP contribution < -0.4 is 0 Å². The topological polar surface area (TPSA) is 107 Å². The normalized spacial score (nSPS) is 15.7. The first kappa shape index (κ1) is 24.0. The molecule has 1 N–H and O–H groups in total. The van der Waals surface area contributed by atoms with E-state index in [0.29, 0.717) is 15.6 Å². The number of thioether (sulfide) groups is 1. The van der Waals surface area contributed by atoms with Gasteiger partial charge in [-0.25, -0.2) is 9.79 Å². The molecular formula is C26H23N3O5S. The van der Waals surface area contributed by atoms with Crippen LogP contribution in [0.15, 0.2) is 81.9 Å². The number of carbonyl (C=O) groups excluding carboxylic acids is 1. The number of nitro benzene ring substituents is 1. The number of ether oxygens (including phenoxy) is 1. The van der Waals surface area contributed by atoms with Gasteiger partial charge in [0.15, 0.2) is 0 Å². The molecule has 35 heavy (non-hydrogen) atoms. The van der Waals surface area contributed by atoms with Gasteiger partial charge in [-0.1, -0.05) is 30.0 Å². The van der Waals surface area contributed by atoms with Crippen molar-refractivity contribution in [2.45, 2.75) is 20.8 Å². The number of hydrogen-bond acceptors (Lipinski definition) is 7. The standard InChI is InChI=1S/C26H23N3O5S/c1-4-34-26(31)23-24(30)22(35-25(23)27-19-8-6-5-7-9-19)15-18-14-16(2)28(17(18)3)20-10-12-21(13-11-20)29(32)33/h5-15,30H,4H2,1-3H3/b22-15-,27-25?. The van der Waals surface area contributed by atoms with E-state index in [1.807, 2.05) is 54.8 Å². The zero-order valence-electron chi connectivity index (χ0n) is 19.4. The van der Waals surface area contributed by atoms with Crippen LogP contribution in [0.2, 0.25) is 0 Å². The summed E-state index contributed by atoms with van der Waals surface area (Å²) in [5, 5.41) is 22.3. The van der Waals surface area contributed by atoms with E-state index in [2.05, 4.69) is 4.99 Å². The fraction of sp³-hybridized carbons (Fsp3) is 0.154. The van der Waals surface area contributed by atoms with Crippen LogP contribution in [-0.2, 0) is 9.53 Å². The molecule has 1 aliphatic heterocycles. The van der Waals surface area contributed by atoms with Crippen molar-refractivity contribution in [1.29, 1.82) is 0 Å². The van der Waals surface area contributed by atoms with Gasteiger partial charge in [0.2, 0.25) is 0 Å². The number of carbonyl (C=O) groups is 1. The molecule has 0 amide bonds. The molecule has 3 aromatic rings. The summed E-state index contributed by atoms with van der Waals surface area (Å²) in [6.07, 6.45) is 1.80. The molecule has 0 bridgehead atoms. The van der Waals surface area contributed by atoms with Gasteiger partial charge in [-0.15, -0.1) is 0 Å². The zero-order chi connectivity index (χ0) is 25.1. The zero-order valence-corrected chi connectivity index (χ0v) is 20.2. The number of non-ortho nitro benzene ring substituents is 1. The number of aromatic nitrogens is 1. The van der Waals surface area contributed by atoms with Crippen LogP contribution in [0.5, 0.6) is 0 Å². The van der Waals surface area contributed by atoms with Gasteiger partial charge in [0.1, 0.15) is 16.4 Å². The van der Waals surface area contributed by atoms with Gasteiger partial charge in [0.05, 0.1) is 22.1 Å². The Hall–Kier alpha value is -4.11. The Balaban J connectivity index is 1.75. The van der Waals surface area contributed by atoms with Crippen molar-refractivity contribution < 1.29 is 19.6 Å². The number of benzene rings is 2. The number of rotatable bonds is 6. The number of aliphatic hydroxyl groups excluding tert-OH is 1. The van der Waals surface area contributed by atoms with Crippen LogP contribution in [0.3, 0.4) is 0 Å². The van der Waals surface area contributed by atoms with E-state index < -0.39 is 10.9 Å². The molecule has 4 rings (SSSR count). The van der Waals surface area contributed by atoms with Crippen molar-refractivity contribution >= 4 is 40.2 Å². The first-order valence-electron chi connectivity index (χ1n) is 10.9. The summed E-state index contributed by atoms with van der Waals surface area (Å²) in [5.74, 6) is -0.810. The number of aryl methyl sites for hydroxylation is 1. The first-order chi connectivity index (χ1) is 16.8. The van der Waals surface area contributed by atoms with E-state index in [0.717, 1.165) is 22.6 Å². The smallest absolute Gasteiger partial charge is 0.344 e. The first-order valence-corrected chi connectivity index (χ1v) is 11.7. The SMILES string of the molecule is CCOC(=O)C1=C(O)/C(=C/c2cc(C)n(-c3ccc([N+](=O)[O-])cc3)c2C)SC1=Nc1ccccc1. The third kappa shape index (κ3) is 4.90. The number of hydrogen-bond donors (Lipinski definition) is 1. The highest BCUT2D eigenvalue weighted by atomic mass is 32.2. The Morgan fingerprint density at radius 2 is 1.86 bits per heavy atom. The molecule has 1 aliphatic rings. The fourth-order valence-corrected chi connectivity index (χ4v) is 4.83. The summed E-state index contributed by atoms with van der Waals surface area (Å²) in [4.78, 5) is 28.2. The van der Waals surface area contributed by atoms with Crippen molar-refractivity contribution in [2.75, 3.05) is 6.61 Å². The second-order valence-electron chi connectivity index (χ2n) is 7.74. The van der Waals surface area contributed by atoms with E-state index >= 15 is 0 Å². The van der Waals surface area contributed by atoms with Crippen LogP contribution in [0.25, 0.3) is 11.8 Å². The third-order valence-electron chi connectivity index (χ3n) is 5.43. The minimum absolute atomic E-state index is 0.0210. The van der Waals surface area contributed by atoms with Crippen molar-refractivity contribution in [3.63, 3.8) is 0 Å². The lowest BCUT2D eigenvalue weighted by molar-refractivity contribution is -0.384. The van der Waals surface area contributed by atoms with Crippen LogP contribution in [0.1, 0.15) is 23.9 Å². The Morgan fingerprint density at radius 1 is 1.17 bits per heavy atom. The molecule has 1 aromatic heterocycles. The Labute approximate surface area is 206 Å². The molecule has 9 heteroatoms. The average Bonchev–Trinajstić information content (AvgIpc) is 3.29. The molecule has 0 radical (unpaired) electrons. The summed E-state index contributed by atoms with van der Waals surface area (Å²) < 4.78 is 7.14. The predicted octanol–water partition coefficient (Wildman–Crippen LogP) is 6.20. The number of aliphatic imine (C=N–C) groups is 1. The number of nitrogens with zero attached hydrogens (tertiary/aromatic N) is 3. The van der Waals surface area contributed by atoms with Crippen molar-refractivity contribution in [3.05, 3.63) is 104 Å². The van der Waals surface area contributed by atoms with E-state index in [1.54, 1.807) is 25.1 Å². The van der Waals surface area contributed by atoms with Gasteiger partial charge in [0.25, 0.3) is 5.69 Å². The fourth-order valence-electron chi connectivity index (χ4n) is 3.81. The highest BCUT2D eigenvalue weighted by Crippen LogP contribution is 2.41. The largest absolute Gasteiger partial charge is 0.506 e. The predicted molar refractivity (Wildman–Crippen MR) is 137 cm³/mol. The van der Waals surface area contributed by atoms with E-state index in [-0.39, 0.29) is 23.6 Å². The van der Waals surface area contributed by atoms with Gasteiger partial charge < -0.3 is 14.4 Å². The van der Waals surface area contributed by atoms with Gasteiger partial charge in [-0.3, -0.25) is 10.1 Å². The Kier molecular flexibility index (Phi) is 6.88. The molecule has 0 aliphatic carbocycles. The average molecular weight is 490 g/mol. The number of aliphatic hydroxyl groups is 1. The van der Waals surface area contributed by atoms with Gasteiger partial charge in [0, 0.05) is 29.2 Å². The summed E-state index contributed by atoms with van der Waals surface area (Å²) >= 11 is 1.20. The van der Waals surface area contributed by atoms with Gasteiger partial charge >= 0.3 is 5.97 Å². The van der Waals surface area contributed by atoms with E-state index in [4.69, 9.17) is 4.74 Å². The Bertz CT molecular complexity index is 1390. The van der Waals surface area contributed by atoms with Crippen LogP contribution in [-0.4, -0.2) is 32.2 Å². The summed E-state index contributed by atoms with van der Waals surface area (Å²) in [5.41, 5.74) is 4.12. The Morgan fingerprint density at radius 3 is 2.49 bits per heavy atom. The van der Waals surface area contributed by atoms with Gasteiger partial charge in [-0.2, -0.15) is 0 Å². The lowest BCUT2D eigenvalue weighted by Gasteiger charge is -2.09. The number of esters is 1. The highest BCUT2D eigenvalue weighted by Gasteiger charge is 2.33. The molecule has 0 saturated heterocycles. The van der Waals surface area contributed by atoms with Crippen LogP contribution in [0.4, 0.5) is 11.4 Å². The molecule has 0 saturated carbocycles. The minimum atomic E-state index is -0.632. The van der Waals surface area contributed by atoms with Crippen LogP contribution >= 0.6 is 11.8 Å². The van der Waals surface area contributed by atoms with Crippen molar-refractivity contribution in [2.24, 2.45) is 4.99 Å². The molecule has 0 unspecified atom stereocenters. The summed E-state index contributed by atoms with van der Waals surface area (Å²) in [7, 11) is 0. The second kappa shape index (κ2) is 10.0. The monoisotopic (exact) mass is 489 g/mol. The molecule has 0 atom stereocenters. The van der Waals surface area contributed by atoms with Crippen molar-refractivity contribution in [3.8, 4) is 5.69 Å². The molecule has 8 nitrogen and oxygen atoms in total. The van der Waals surface area contributed by atoms with E-state index in [9.17, 15) is 20.0 Å². The van der Waals surface area contributed by atoms with Crippen LogP contribution in [0, 0.1) is 24.0 Å². The second-order valence-corrected chi connectivity index (χ2v) is 8.77. The van der Waals surface area contributed by atoms with Crippen molar-refractivity contribution in [1.82, 2.24) is 4.57 Å². The number of nitro groups is 1. The maximum absolute atomic E-state index is 12.6. The molecule has 2 heterocycles. The highest BCUT2D eigenvalue weighted by molar-refractivity contribution is 8.18. The third-order valence-corrected chi connectivity index (χ3v) is 6.45. The summed E-state index contributed by atoms with van der Waals surface area (Å²) in [6.45, 7) is 5.73. The summed E-state index contributed by atoms with van der Waals surface area (Å²) in [6, 6.07) is 17.5. The quantitative estimate of drug-likeness (QED) is 0.251. The maximum Gasteiger partial charge on any atom is 0.344 e. The molecule has 0 spiro atoms. The number of para-hydroxylation sites is 1.